The average Bonchev–Trinajstić information content (AvgIpc) is 3.76. The van der Waals surface area contributed by atoms with E-state index in [9.17, 15) is 0 Å². The number of fused-ring (bicyclic) bond motifs is 9. The summed E-state index contributed by atoms with van der Waals surface area (Å²) in [4.78, 5) is 5.44. The topological polar surface area (TPSA) is 19.6 Å². The van der Waals surface area contributed by atoms with Crippen molar-refractivity contribution in [3.63, 3.8) is 0 Å². The van der Waals surface area contributed by atoms with Crippen LogP contribution in [0.2, 0.25) is 19.6 Å². The number of hydrogen-bond acceptors (Lipinski definition) is 3. The molecule has 3 heterocycles. The molecule has 3 nitrogen and oxygen atoms in total. The second-order valence-corrected chi connectivity index (χ2v) is 34.9. The van der Waals surface area contributed by atoms with Crippen molar-refractivity contribution in [1.29, 1.82) is 0 Å². The van der Waals surface area contributed by atoms with Crippen molar-refractivity contribution in [1.82, 2.24) is 0 Å². The van der Waals surface area contributed by atoms with Crippen LogP contribution in [0, 0.1) is 0 Å². The molecule has 6 aromatic carbocycles. The van der Waals surface area contributed by atoms with Crippen molar-refractivity contribution in [2.75, 3.05) is 9.80 Å². The van der Waals surface area contributed by atoms with Gasteiger partial charge in [0.1, 0.15) is 11.3 Å². The van der Waals surface area contributed by atoms with Crippen LogP contribution in [-0.2, 0) is 37.9 Å². The summed E-state index contributed by atoms with van der Waals surface area (Å²) in [6.07, 6.45) is 6.99. The molecule has 1 atom stereocenters. The minimum atomic E-state index is -1.99. The Morgan fingerprint density at radius 1 is 0.486 bits per heavy atom. The lowest BCUT2D eigenvalue weighted by Gasteiger charge is -2.48. The highest BCUT2D eigenvalue weighted by Gasteiger charge is 2.49. The van der Waals surface area contributed by atoms with Crippen LogP contribution in [-0.4, -0.2) is 8.07 Å². The lowest BCUT2D eigenvalue weighted by atomic mass is 9.61. The predicted octanol–water partition coefficient (Wildman–Crippen LogP) is 19.7. The highest BCUT2D eigenvalue weighted by Crippen LogP contribution is 2.65. The minimum absolute atomic E-state index is 0.0178. The fourth-order valence-corrected chi connectivity index (χ4v) is 15.5. The SMILES string of the molecule is CC(C)(C)c1ccc(N2c3cc([Si](C)(C)C)cc4c3C(c3cc5c(cc3N4c3ccc4c(c3)C(C)(C)CCC4(C)C)C(C)(C)CCC5(C)C)c3oc4cc5c(cc4c32)C(C)(C)CCC5(C)C)c(-c2ccccc2)c1. The maximum absolute atomic E-state index is 7.85. The van der Waals surface area contributed by atoms with Gasteiger partial charge in [0, 0.05) is 22.2 Å². The van der Waals surface area contributed by atoms with Gasteiger partial charge in [0.15, 0.2) is 0 Å². The van der Waals surface area contributed by atoms with Gasteiger partial charge in [-0.2, -0.15) is 0 Å². The molecule has 74 heavy (non-hydrogen) atoms. The summed E-state index contributed by atoms with van der Waals surface area (Å²) in [6, 6.07) is 41.8. The predicted molar refractivity (Wildman–Crippen MR) is 319 cm³/mol. The van der Waals surface area contributed by atoms with E-state index in [4.69, 9.17) is 4.42 Å². The van der Waals surface area contributed by atoms with Gasteiger partial charge in [0.05, 0.1) is 42.4 Å². The molecule has 3 aliphatic carbocycles. The molecule has 0 saturated carbocycles. The van der Waals surface area contributed by atoms with Gasteiger partial charge in [-0.15, -0.1) is 0 Å². The summed E-state index contributed by atoms with van der Waals surface area (Å²) in [5.41, 5.74) is 24.2. The zero-order valence-electron chi connectivity index (χ0n) is 48.4. The Labute approximate surface area is 446 Å². The van der Waals surface area contributed by atoms with Crippen LogP contribution in [0.5, 0.6) is 0 Å². The van der Waals surface area contributed by atoms with E-state index in [0.29, 0.717) is 0 Å². The van der Waals surface area contributed by atoms with Gasteiger partial charge in [-0.3, -0.25) is 0 Å². The van der Waals surface area contributed by atoms with Gasteiger partial charge in [0.2, 0.25) is 0 Å². The van der Waals surface area contributed by atoms with Crippen molar-refractivity contribution in [3.05, 3.63) is 159 Å². The maximum Gasteiger partial charge on any atom is 0.141 e. The highest BCUT2D eigenvalue weighted by molar-refractivity contribution is 6.88. The highest BCUT2D eigenvalue weighted by atomic mass is 28.3. The van der Waals surface area contributed by atoms with Crippen molar-refractivity contribution >= 4 is 58.4 Å². The van der Waals surface area contributed by atoms with E-state index in [1.807, 2.05) is 0 Å². The number of hydrogen-bond donors (Lipinski definition) is 0. The van der Waals surface area contributed by atoms with E-state index in [0.717, 1.165) is 37.0 Å². The van der Waals surface area contributed by atoms with Gasteiger partial charge >= 0.3 is 0 Å². The minimum Gasteiger partial charge on any atom is -0.458 e. The first kappa shape index (κ1) is 49.5. The number of furan rings is 1. The smallest absolute Gasteiger partial charge is 0.141 e. The monoisotopic (exact) mass is 997 g/mol. The van der Waals surface area contributed by atoms with E-state index in [1.165, 1.54) is 119 Å². The van der Waals surface area contributed by atoms with Crippen molar-refractivity contribution in [2.45, 2.75) is 206 Å². The molecule has 0 bridgehead atoms. The number of rotatable bonds is 4. The number of anilines is 6. The van der Waals surface area contributed by atoms with Crippen LogP contribution in [0.4, 0.5) is 34.1 Å². The molecule has 1 unspecified atom stereocenters. The molecular formula is C70H84N2OSi. The largest absolute Gasteiger partial charge is 0.458 e. The Morgan fingerprint density at radius 2 is 1.00 bits per heavy atom. The maximum atomic E-state index is 7.85. The first-order valence-electron chi connectivity index (χ1n) is 28.3. The fourth-order valence-electron chi connectivity index (χ4n) is 14.3. The zero-order valence-corrected chi connectivity index (χ0v) is 49.4. The first-order valence-corrected chi connectivity index (χ1v) is 31.8. The molecule has 0 N–H and O–H groups in total. The Hall–Kier alpha value is -5.32. The van der Waals surface area contributed by atoms with Gasteiger partial charge in [-0.25, -0.2) is 0 Å². The molecule has 384 valence electrons. The Morgan fingerprint density at radius 3 is 1.57 bits per heavy atom. The lowest BCUT2D eigenvalue weighted by molar-refractivity contribution is 0.331. The molecule has 1 aromatic heterocycles. The van der Waals surface area contributed by atoms with Gasteiger partial charge in [0.25, 0.3) is 0 Å². The molecule has 4 heteroatoms. The third kappa shape index (κ3) is 7.36. The van der Waals surface area contributed by atoms with E-state index in [2.05, 4.69) is 236 Å². The summed E-state index contributed by atoms with van der Waals surface area (Å²) >= 11 is 0. The molecule has 12 rings (SSSR count). The normalized spacial score (nSPS) is 21.2. The zero-order chi connectivity index (χ0) is 52.8. The van der Waals surface area contributed by atoms with Crippen LogP contribution in [0.15, 0.2) is 108 Å². The van der Waals surface area contributed by atoms with E-state index in [-0.39, 0.29) is 43.8 Å². The van der Waals surface area contributed by atoms with Gasteiger partial charge < -0.3 is 14.2 Å². The molecule has 2 aliphatic heterocycles. The lowest BCUT2D eigenvalue weighted by Crippen LogP contribution is -2.40. The van der Waals surface area contributed by atoms with Crippen LogP contribution in [0.1, 0.15) is 204 Å². The van der Waals surface area contributed by atoms with Crippen LogP contribution in [0.3, 0.4) is 0 Å². The van der Waals surface area contributed by atoms with E-state index < -0.39 is 8.07 Å². The Kier molecular flexibility index (Phi) is 10.5. The second kappa shape index (κ2) is 15.6. The van der Waals surface area contributed by atoms with E-state index in [1.54, 1.807) is 0 Å². The quantitative estimate of drug-likeness (QED) is 0.164. The molecule has 0 spiro atoms. The van der Waals surface area contributed by atoms with Gasteiger partial charge in [-0.1, -0.05) is 177 Å². The Bertz CT molecular complexity index is 3490. The van der Waals surface area contributed by atoms with Crippen LogP contribution >= 0.6 is 0 Å². The van der Waals surface area contributed by atoms with Gasteiger partial charge in [-0.05, 0) is 181 Å². The summed E-state index contributed by atoms with van der Waals surface area (Å²) in [5.74, 6) is 0.931. The third-order valence-electron chi connectivity index (χ3n) is 19.8. The first-order chi connectivity index (χ1) is 34.4. The number of benzene rings is 6. The molecule has 0 saturated heterocycles. The molecule has 0 fully saturated rings. The summed E-state index contributed by atoms with van der Waals surface area (Å²) < 4.78 is 7.85. The molecule has 7 aromatic rings. The van der Waals surface area contributed by atoms with Crippen molar-refractivity contribution in [2.24, 2.45) is 0 Å². The molecular weight excluding hydrogens is 913 g/mol. The van der Waals surface area contributed by atoms with Crippen molar-refractivity contribution < 1.29 is 4.42 Å². The summed E-state index contributed by atoms with van der Waals surface area (Å²) in [6.45, 7) is 44.4. The average molecular weight is 998 g/mol. The fraction of sp³-hybridized carbons (Fsp3) is 0.457. The third-order valence-corrected chi connectivity index (χ3v) is 21.8. The Balaban J connectivity index is 1.27. The standard InChI is InChI=1S/C70H84N2OSi/c1-64(2,3)43-24-27-55(46(34-43)42-22-20-19-21-23-42)72-58-37-45(74(16,17)18)36-57-61(58)60(63-62(72)48-39-52-54(41-59(48)73-63)70(14,15)33-31-68(52,10)11)47-38-51-53(69(12,13)32-30-67(51,8)9)40-56(47)71(57)44-25-26-49-50(35-44)66(6,7)29-28-65(49,4)5/h19-27,34-41,60H,28-33H2,1-18H3. The number of nitrogens with zero attached hydrogens (tertiary/aromatic N) is 2. The molecule has 0 radical (unpaired) electrons. The van der Waals surface area contributed by atoms with Crippen LogP contribution in [0.25, 0.3) is 22.1 Å². The van der Waals surface area contributed by atoms with Crippen molar-refractivity contribution in [3.8, 4) is 11.1 Å². The molecule has 0 amide bonds. The summed E-state index contributed by atoms with van der Waals surface area (Å²) in [5, 5.41) is 2.68. The summed E-state index contributed by atoms with van der Waals surface area (Å²) in [7, 11) is -1.99. The van der Waals surface area contributed by atoms with E-state index >= 15 is 0 Å². The second-order valence-electron chi connectivity index (χ2n) is 29.8. The van der Waals surface area contributed by atoms with Crippen LogP contribution < -0.4 is 15.0 Å². The molecule has 5 aliphatic rings.